The highest BCUT2D eigenvalue weighted by atomic mass is 16.5. The summed E-state index contributed by atoms with van der Waals surface area (Å²) in [5, 5.41) is 8.82. The maximum Gasteiger partial charge on any atom is 0.309 e. The molecule has 7 nitrogen and oxygen atoms in total. The molecule has 0 aromatic heterocycles. The number of hydrogen-bond donors (Lipinski definition) is 1. The molecule has 0 fully saturated rings. The van der Waals surface area contributed by atoms with Crippen LogP contribution in [0, 0.1) is 5.92 Å². The molecule has 0 radical (unpaired) electrons. The van der Waals surface area contributed by atoms with E-state index in [1.807, 2.05) is 0 Å². The molecule has 35 heavy (non-hydrogen) atoms. The molecule has 1 unspecified atom stereocenters. The van der Waals surface area contributed by atoms with Gasteiger partial charge in [0.1, 0.15) is 11.6 Å². The zero-order valence-corrected chi connectivity index (χ0v) is 22.9. The summed E-state index contributed by atoms with van der Waals surface area (Å²) in [6.45, 7) is 5.40. The lowest BCUT2D eigenvalue weighted by atomic mass is 9.93. The summed E-state index contributed by atoms with van der Waals surface area (Å²) in [6, 6.07) is 0. The number of esters is 1. The average molecular weight is 499 g/mol. The lowest BCUT2D eigenvalue weighted by molar-refractivity contribution is -0.890. The molecule has 0 aromatic rings. The lowest BCUT2D eigenvalue weighted by Crippen LogP contribution is -2.42. The van der Waals surface area contributed by atoms with Crippen LogP contribution >= 0.6 is 0 Å². The molecule has 0 aliphatic heterocycles. The first kappa shape index (κ1) is 33.2. The topological polar surface area (TPSA) is 97.7 Å². The molecule has 0 aliphatic carbocycles. The summed E-state index contributed by atoms with van der Waals surface area (Å²) in [7, 11) is 4.19. The van der Waals surface area contributed by atoms with Gasteiger partial charge in [0.25, 0.3) is 0 Å². The number of carboxylic acid groups (broad SMARTS) is 1. The predicted octanol–water partition coefficient (Wildman–Crippen LogP) is 5.73. The van der Waals surface area contributed by atoms with Crippen LogP contribution in [0.15, 0.2) is 0 Å². The average Bonchev–Trinajstić information content (AvgIpc) is 2.78. The molecule has 1 atom stereocenters. The van der Waals surface area contributed by atoms with Crippen molar-refractivity contribution in [3.8, 4) is 0 Å². The van der Waals surface area contributed by atoms with Crippen LogP contribution in [0.2, 0.25) is 0 Å². The van der Waals surface area contributed by atoms with Gasteiger partial charge in [-0.3, -0.25) is 14.4 Å². The largest absolute Gasteiger partial charge is 0.481 e. The van der Waals surface area contributed by atoms with Gasteiger partial charge < -0.3 is 19.1 Å². The Labute approximate surface area is 213 Å². The van der Waals surface area contributed by atoms with Gasteiger partial charge in [0.05, 0.1) is 46.1 Å². The van der Waals surface area contributed by atoms with E-state index in [4.69, 9.17) is 9.84 Å². The number of nitrogens with zero attached hydrogens (tertiary/aromatic N) is 1. The summed E-state index contributed by atoms with van der Waals surface area (Å²) in [5.74, 6) is -1.01. The van der Waals surface area contributed by atoms with E-state index in [9.17, 15) is 19.2 Å². The quantitative estimate of drug-likeness (QED) is 0.104. The maximum atomic E-state index is 12.4. The lowest BCUT2D eigenvalue weighted by Gasteiger charge is -2.29. The Kier molecular flexibility index (Phi) is 19.4. The van der Waals surface area contributed by atoms with Gasteiger partial charge in [0, 0.05) is 19.3 Å². The number of quaternary nitrogens is 1. The third kappa shape index (κ3) is 21.3. The number of carbonyl (C=O) groups is 4. The van der Waals surface area contributed by atoms with Crippen LogP contribution in [0.4, 0.5) is 0 Å². The molecule has 0 saturated carbocycles. The number of carbonyl (C=O) groups excluding carboxylic acids is 3. The molecule has 0 spiro atoms. The Morgan fingerprint density at radius 3 is 1.86 bits per heavy atom. The first-order valence-electron chi connectivity index (χ1n) is 13.8. The molecule has 0 bridgehead atoms. The van der Waals surface area contributed by atoms with Gasteiger partial charge in [0.2, 0.25) is 0 Å². The third-order valence-electron chi connectivity index (χ3n) is 6.58. The van der Waals surface area contributed by atoms with Crippen LogP contribution in [-0.2, 0) is 23.9 Å². The molecular weight excluding hydrogens is 446 g/mol. The molecule has 0 aromatic carbocycles. The van der Waals surface area contributed by atoms with Gasteiger partial charge >= 0.3 is 11.9 Å². The zero-order valence-electron chi connectivity index (χ0n) is 22.9. The second kappa shape index (κ2) is 20.4. The second-order valence-corrected chi connectivity index (χ2v) is 10.6. The zero-order chi connectivity index (χ0) is 26.5. The van der Waals surface area contributed by atoms with E-state index in [-0.39, 0.29) is 36.3 Å². The van der Waals surface area contributed by atoms with Gasteiger partial charge in [0.15, 0.2) is 0 Å². The number of ether oxygens (including phenoxy) is 1. The highest BCUT2D eigenvalue weighted by Crippen LogP contribution is 2.19. The van der Waals surface area contributed by atoms with Gasteiger partial charge in [-0.2, -0.15) is 0 Å². The van der Waals surface area contributed by atoms with Crippen LogP contribution in [-0.4, -0.2) is 66.9 Å². The SMILES string of the molecule is CCOC(=O)C(CCCCCC(C)=O)CC(=O)CCCCCCCCCC[N+](C)(C)CCC(=O)O. The van der Waals surface area contributed by atoms with Crippen molar-refractivity contribution < 1.29 is 33.5 Å². The molecule has 1 N–H and O–H groups in total. The van der Waals surface area contributed by atoms with Crippen LogP contribution in [0.5, 0.6) is 0 Å². The fourth-order valence-electron chi connectivity index (χ4n) is 4.31. The number of Topliss-reactive ketones (excluding diaryl/α,β-unsaturated/α-hetero) is 2. The number of unbranched alkanes of at least 4 members (excludes halogenated alkanes) is 9. The van der Waals surface area contributed by atoms with Crippen molar-refractivity contribution in [2.24, 2.45) is 5.92 Å². The fraction of sp³-hybridized carbons (Fsp3) is 0.857. The number of aliphatic carboxylic acids is 1. The predicted molar refractivity (Wildman–Crippen MR) is 139 cm³/mol. The summed E-state index contributed by atoms with van der Waals surface area (Å²) >= 11 is 0. The van der Waals surface area contributed by atoms with Crippen molar-refractivity contribution >= 4 is 23.5 Å². The minimum Gasteiger partial charge on any atom is -0.481 e. The molecule has 204 valence electrons. The summed E-state index contributed by atoms with van der Waals surface area (Å²) in [6.07, 6.45) is 13.7. The third-order valence-corrected chi connectivity index (χ3v) is 6.58. The molecule has 0 heterocycles. The molecular formula is C28H52NO6+. The standard InChI is InChI=1S/C28H51NO6/c1-5-35-28(34)25(18-14-12-13-17-24(2)30)23-26(31)19-15-10-8-6-7-9-11-16-21-29(3,4)22-20-27(32)33/h25H,5-23H2,1-4H3/p+1. The van der Waals surface area contributed by atoms with Crippen LogP contribution in [0.25, 0.3) is 0 Å². The minimum atomic E-state index is -0.728. The van der Waals surface area contributed by atoms with Crippen molar-refractivity contribution in [1.29, 1.82) is 0 Å². The minimum absolute atomic E-state index is 0.149. The fourth-order valence-corrected chi connectivity index (χ4v) is 4.31. The van der Waals surface area contributed by atoms with Crippen LogP contribution in [0.1, 0.15) is 117 Å². The van der Waals surface area contributed by atoms with E-state index in [1.54, 1.807) is 13.8 Å². The maximum absolute atomic E-state index is 12.4. The highest BCUT2D eigenvalue weighted by molar-refractivity contribution is 5.84. The first-order valence-corrected chi connectivity index (χ1v) is 13.8. The van der Waals surface area contributed by atoms with Crippen molar-refractivity contribution in [1.82, 2.24) is 0 Å². The summed E-state index contributed by atoms with van der Waals surface area (Å²) in [5.41, 5.74) is 0. The number of carboxylic acids is 1. The summed E-state index contributed by atoms with van der Waals surface area (Å²) < 4.78 is 5.93. The summed E-state index contributed by atoms with van der Waals surface area (Å²) in [4.78, 5) is 46.4. The van der Waals surface area contributed by atoms with Gasteiger partial charge in [-0.05, 0) is 46.0 Å². The Balaban J connectivity index is 3.90. The molecule has 0 amide bonds. The van der Waals surface area contributed by atoms with Crippen molar-refractivity contribution in [2.45, 2.75) is 117 Å². The molecule has 0 rings (SSSR count). The smallest absolute Gasteiger partial charge is 0.309 e. The molecule has 7 heteroatoms. The Hall–Kier alpha value is -1.76. The van der Waals surface area contributed by atoms with Crippen molar-refractivity contribution in [3.63, 3.8) is 0 Å². The Morgan fingerprint density at radius 2 is 1.29 bits per heavy atom. The highest BCUT2D eigenvalue weighted by Gasteiger charge is 2.22. The first-order chi connectivity index (χ1) is 16.6. The van der Waals surface area contributed by atoms with Crippen molar-refractivity contribution in [3.05, 3.63) is 0 Å². The van der Waals surface area contributed by atoms with Crippen LogP contribution < -0.4 is 0 Å². The monoisotopic (exact) mass is 498 g/mol. The van der Waals surface area contributed by atoms with Crippen LogP contribution in [0.3, 0.4) is 0 Å². The molecule has 0 saturated heterocycles. The van der Waals surface area contributed by atoms with E-state index < -0.39 is 5.97 Å². The number of hydrogen-bond acceptors (Lipinski definition) is 5. The second-order valence-electron chi connectivity index (χ2n) is 10.6. The van der Waals surface area contributed by atoms with E-state index in [1.165, 1.54) is 25.7 Å². The Morgan fingerprint density at radius 1 is 0.743 bits per heavy atom. The van der Waals surface area contributed by atoms with Gasteiger partial charge in [-0.25, -0.2) is 0 Å². The molecule has 0 aliphatic rings. The normalized spacial score (nSPS) is 12.3. The number of rotatable bonds is 24. The van der Waals surface area contributed by atoms with E-state index in [0.29, 0.717) is 32.4 Å². The number of ketones is 2. The van der Waals surface area contributed by atoms with E-state index in [2.05, 4.69) is 14.1 Å². The van der Waals surface area contributed by atoms with Crippen molar-refractivity contribution in [2.75, 3.05) is 33.8 Å². The van der Waals surface area contributed by atoms with E-state index >= 15 is 0 Å². The van der Waals surface area contributed by atoms with Gasteiger partial charge in [-0.15, -0.1) is 0 Å². The van der Waals surface area contributed by atoms with E-state index in [0.717, 1.165) is 56.0 Å². The Bertz CT molecular complexity index is 617. The van der Waals surface area contributed by atoms with Gasteiger partial charge in [-0.1, -0.05) is 44.9 Å².